The van der Waals surface area contributed by atoms with Crippen molar-refractivity contribution >= 4 is 23.5 Å². The maximum absolute atomic E-state index is 13.5. The van der Waals surface area contributed by atoms with E-state index in [2.05, 4.69) is 16.5 Å². The molecule has 4 rings (SSSR count). The molecule has 2 aromatic carbocycles. The SMILES string of the molecule is CC(=O)c1cccc(NC(=O)c2cnn(-c3ccc(C)cc3C)c2C2CCN(C(=O)OC(C)(C)C)CC2)c1. The Labute approximate surface area is 224 Å². The molecule has 0 aliphatic carbocycles. The average Bonchev–Trinajstić information content (AvgIpc) is 3.28. The van der Waals surface area contributed by atoms with Crippen LogP contribution in [0.25, 0.3) is 5.69 Å². The van der Waals surface area contributed by atoms with E-state index < -0.39 is 5.60 Å². The molecule has 8 heteroatoms. The van der Waals surface area contributed by atoms with Crippen LogP contribution in [0.2, 0.25) is 0 Å². The van der Waals surface area contributed by atoms with Gasteiger partial charge in [0, 0.05) is 30.3 Å². The van der Waals surface area contributed by atoms with Crippen molar-refractivity contribution in [3.05, 3.63) is 76.6 Å². The third kappa shape index (κ3) is 6.13. The van der Waals surface area contributed by atoms with Crippen molar-refractivity contribution in [3.63, 3.8) is 0 Å². The molecule has 1 aliphatic heterocycles. The molecule has 2 amide bonds. The molecular weight excluding hydrogens is 480 g/mol. The smallest absolute Gasteiger partial charge is 0.410 e. The highest BCUT2D eigenvalue weighted by atomic mass is 16.6. The van der Waals surface area contributed by atoms with Crippen LogP contribution >= 0.6 is 0 Å². The van der Waals surface area contributed by atoms with E-state index in [4.69, 9.17) is 4.74 Å². The quantitative estimate of drug-likeness (QED) is 0.416. The first-order chi connectivity index (χ1) is 17.9. The van der Waals surface area contributed by atoms with Gasteiger partial charge in [-0.05, 0) is 78.1 Å². The molecule has 1 fully saturated rings. The maximum Gasteiger partial charge on any atom is 0.410 e. The Kier molecular flexibility index (Phi) is 7.71. The minimum atomic E-state index is -0.555. The van der Waals surface area contributed by atoms with Crippen LogP contribution in [-0.2, 0) is 4.74 Å². The number of hydrogen-bond donors (Lipinski definition) is 1. The molecule has 200 valence electrons. The summed E-state index contributed by atoms with van der Waals surface area (Å²) in [6.07, 6.45) is 2.65. The summed E-state index contributed by atoms with van der Waals surface area (Å²) in [5.41, 5.74) is 4.94. The molecular formula is C30H36N4O4. The fraction of sp³-hybridized carbons (Fsp3) is 0.400. The Bertz CT molecular complexity index is 1360. The van der Waals surface area contributed by atoms with Gasteiger partial charge in [0.1, 0.15) is 5.60 Å². The van der Waals surface area contributed by atoms with Gasteiger partial charge in [0.2, 0.25) is 0 Å². The number of rotatable bonds is 5. The summed E-state index contributed by atoms with van der Waals surface area (Å²) >= 11 is 0. The number of carbonyl (C=O) groups is 3. The van der Waals surface area contributed by atoms with E-state index in [1.165, 1.54) is 6.92 Å². The molecule has 0 radical (unpaired) electrons. The lowest BCUT2D eigenvalue weighted by Crippen LogP contribution is -2.41. The molecule has 0 unspecified atom stereocenters. The van der Waals surface area contributed by atoms with Crippen LogP contribution < -0.4 is 5.32 Å². The van der Waals surface area contributed by atoms with Gasteiger partial charge in [0.15, 0.2) is 5.78 Å². The van der Waals surface area contributed by atoms with Crippen LogP contribution in [0.5, 0.6) is 0 Å². The molecule has 1 aliphatic rings. The summed E-state index contributed by atoms with van der Waals surface area (Å²) < 4.78 is 7.42. The third-order valence-electron chi connectivity index (χ3n) is 6.69. The van der Waals surface area contributed by atoms with E-state index in [0.29, 0.717) is 42.7 Å². The molecule has 1 aromatic heterocycles. The lowest BCUT2D eigenvalue weighted by Gasteiger charge is -2.34. The maximum atomic E-state index is 13.5. The molecule has 0 spiro atoms. The number of carbonyl (C=O) groups excluding carboxylic acids is 3. The number of likely N-dealkylation sites (tertiary alicyclic amines) is 1. The first-order valence-corrected chi connectivity index (χ1v) is 13.0. The minimum Gasteiger partial charge on any atom is -0.444 e. The monoisotopic (exact) mass is 516 g/mol. The predicted molar refractivity (Wildman–Crippen MR) is 147 cm³/mol. The zero-order valence-corrected chi connectivity index (χ0v) is 23.0. The van der Waals surface area contributed by atoms with Gasteiger partial charge in [0.25, 0.3) is 5.91 Å². The van der Waals surface area contributed by atoms with Crippen LogP contribution in [0.15, 0.2) is 48.7 Å². The fourth-order valence-electron chi connectivity index (χ4n) is 4.84. The number of nitrogens with zero attached hydrogens (tertiary/aromatic N) is 3. The van der Waals surface area contributed by atoms with E-state index in [0.717, 1.165) is 22.5 Å². The Balaban J connectivity index is 1.65. The summed E-state index contributed by atoms with van der Waals surface area (Å²) in [4.78, 5) is 39.7. The Hall–Kier alpha value is -3.94. The number of aryl methyl sites for hydroxylation is 2. The van der Waals surface area contributed by atoms with Gasteiger partial charge < -0.3 is 15.0 Å². The fourth-order valence-corrected chi connectivity index (χ4v) is 4.84. The lowest BCUT2D eigenvalue weighted by molar-refractivity contribution is 0.0203. The zero-order valence-electron chi connectivity index (χ0n) is 23.0. The number of piperidine rings is 1. The second-order valence-electron chi connectivity index (χ2n) is 11.0. The van der Waals surface area contributed by atoms with E-state index in [9.17, 15) is 14.4 Å². The largest absolute Gasteiger partial charge is 0.444 e. The molecule has 1 saturated heterocycles. The average molecular weight is 517 g/mol. The van der Waals surface area contributed by atoms with Crippen LogP contribution in [-0.4, -0.2) is 51.2 Å². The standard InChI is InChI=1S/C30H36N4O4/c1-19-10-11-26(20(2)16-19)34-27(22-12-14-33(15-13-22)29(37)38-30(4,5)6)25(18-31-34)28(36)32-24-9-7-8-23(17-24)21(3)35/h7-11,16-18,22H,12-15H2,1-6H3,(H,32,36). The zero-order chi connectivity index (χ0) is 27.6. The number of ether oxygens (including phenoxy) is 1. The third-order valence-corrected chi connectivity index (χ3v) is 6.69. The van der Waals surface area contributed by atoms with Gasteiger partial charge in [-0.15, -0.1) is 0 Å². The number of hydrogen-bond acceptors (Lipinski definition) is 5. The van der Waals surface area contributed by atoms with Crippen molar-refractivity contribution in [2.45, 2.75) is 65.9 Å². The normalized spacial score (nSPS) is 14.3. The minimum absolute atomic E-state index is 0.0150. The Morgan fingerprint density at radius 3 is 2.37 bits per heavy atom. The highest BCUT2D eigenvalue weighted by molar-refractivity contribution is 6.06. The van der Waals surface area contributed by atoms with Gasteiger partial charge in [-0.25, -0.2) is 9.48 Å². The van der Waals surface area contributed by atoms with Gasteiger partial charge in [0.05, 0.1) is 23.1 Å². The number of amides is 2. The summed E-state index contributed by atoms with van der Waals surface area (Å²) in [6.45, 7) is 12.2. The summed E-state index contributed by atoms with van der Waals surface area (Å²) in [5, 5.41) is 7.60. The number of Topliss-reactive ketones (excluding diaryl/α,β-unsaturated/α-hetero) is 1. The first-order valence-electron chi connectivity index (χ1n) is 13.0. The van der Waals surface area contributed by atoms with Crippen LogP contribution in [0.4, 0.5) is 10.5 Å². The van der Waals surface area contributed by atoms with Crippen molar-refractivity contribution < 1.29 is 19.1 Å². The second-order valence-corrected chi connectivity index (χ2v) is 11.0. The van der Waals surface area contributed by atoms with Crippen LogP contribution in [0, 0.1) is 13.8 Å². The summed E-state index contributed by atoms with van der Waals surface area (Å²) in [5.74, 6) is -0.339. The van der Waals surface area contributed by atoms with Crippen molar-refractivity contribution in [1.82, 2.24) is 14.7 Å². The van der Waals surface area contributed by atoms with Crippen LogP contribution in [0.1, 0.15) is 84.0 Å². The number of anilines is 1. The van der Waals surface area contributed by atoms with Crippen molar-refractivity contribution in [2.24, 2.45) is 0 Å². The molecule has 38 heavy (non-hydrogen) atoms. The van der Waals surface area contributed by atoms with Gasteiger partial charge >= 0.3 is 6.09 Å². The highest BCUT2D eigenvalue weighted by Crippen LogP contribution is 2.34. The topological polar surface area (TPSA) is 93.5 Å². The summed E-state index contributed by atoms with van der Waals surface area (Å²) in [6, 6.07) is 13.1. The lowest BCUT2D eigenvalue weighted by atomic mass is 9.90. The summed E-state index contributed by atoms with van der Waals surface area (Å²) in [7, 11) is 0. The van der Waals surface area contributed by atoms with E-state index >= 15 is 0 Å². The second kappa shape index (κ2) is 10.8. The number of benzene rings is 2. The number of nitrogens with one attached hydrogen (secondary N) is 1. The Morgan fingerprint density at radius 1 is 1.03 bits per heavy atom. The molecule has 8 nitrogen and oxygen atoms in total. The van der Waals surface area contributed by atoms with Crippen molar-refractivity contribution in [1.29, 1.82) is 0 Å². The number of aromatic nitrogens is 2. The van der Waals surface area contributed by atoms with Crippen molar-refractivity contribution in [3.8, 4) is 5.69 Å². The number of ketones is 1. The molecule has 3 aromatic rings. The van der Waals surface area contributed by atoms with Crippen molar-refractivity contribution in [2.75, 3.05) is 18.4 Å². The Morgan fingerprint density at radius 2 is 1.74 bits per heavy atom. The predicted octanol–water partition coefficient (Wildman–Crippen LogP) is 6.06. The molecule has 1 N–H and O–H groups in total. The van der Waals surface area contributed by atoms with Gasteiger partial charge in [-0.3, -0.25) is 9.59 Å². The van der Waals surface area contributed by atoms with Gasteiger partial charge in [-0.2, -0.15) is 5.10 Å². The van der Waals surface area contributed by atoms with Crippen LogP contribution in [0.3, 0.4) is 0 Å². The highest BCUT2D eigenvalue weighted by Gasteiger charge is 2.32. The molecule has 2 heterocycles. The van der Waals surface area contributed by atoms with E-state index in [1.807, 2.05) is 51.4 Å². The molecule has 0 bridgehead atoms. The first kappa shape index (κ1) is 27.1. The van der Waals surface area contributed by atoms with E-state index in [1.54, 1.807) is 35.4 Å². The van der Waals surface area contributed by atoms with E-state index in [-0.39, 0.29) is 23.7 Å². The molecule has 0 atom stereocenters. The molecule has 0 saturated carbocycles. The van der Waals surface area contributed by atoms with Gasteiger partial charge in [-0.1, -0.05) is 29.8 Å².